The number of carbonyl (C=O) groups is 1. The van der Waals surface area contributed by atoms with Crippen molar-refractivity contribution in [2.45, 2.75) is 45.3 Å². The normalized spacial score (nSPS) is 12.8. The molecule has 0 aromatic carbocycles. The van der Waals surface area contributed by atoms with Crippen molar-refractivity contribution in [2.24, 2.45) is 0 Å². The number of rotatable bonds is 6. The van der Waals surface area contributed by atoms with E-state index in [1.807, 2.05) is 6.92 Å². The predicted molar refractivity (Wildman–Crippen MR) is 67.2 cm³/mol. The second-order valence-electron chi connectivity index (χ2n) is 4.95. The number of hydrogen-bond acceptors (Lipinski definition) is 4. The zero-order chi connectivity index (χ0) is 13.7. The molecular weight excluding hydrogens is 242 g/mol. The van der Waals surface area contributed by atoms with Gasteiger partial charge in [-0.25, -0.2) is 8.42 Å². The van der Waals surface area contributed by atoms with Crippen LogP contribution in [0.4, 0.5) is 0 Å². The third-order valence-electron chi connectivity index (χ3n) is 2.30. The maximum Gasteiger partial charge on any atom is 0.321 e. The first-order valence-electron chi connectivity index (χ1n) is 5.74. The highest BCUT2D eigenvalue weighted by Crippen LogP contribution is 2.18. The molecule has 0 radical (unpaired) electrons. The molecule has 0 saturated carbocycles. The summed E-state index contributed by atoms with van der Waals surface area (Å²) in [5, 5.41) is 0. The number of carbonyl (C=O) groups excluding carboxylic acids is 1. The van der Waals surface area contributed by atoms with Gasteiger partial charge in [-0.2, -0.15) is 4.31 Å². The minimum Gasteiger partial charge on any atom is -0.465 e. The van der Waals surface area contributed by atoms with E-state index in [-0.39, 0.29) is 6.54 Å². The van der Waals surface area contributed by atoms with Crippen LogP contribution in [0.25, 0.3) is 0 Å². The molecule has 0 aliphatic rings. The fourth-order valence-electron chi connectivity index (χ4n) is 1.11. The lowest BCUT2D eigenvalue weighted by atomic mass is 10.3. The van der Waals surface area contributed by atoms with Crippen LogP contribution in [0.15, 0.2) is 0 Å². The zero-order valence-corrected chi connectivity index (χ0v) is 12.1. The molecule has 0 amide bonds. The number of ether oxygens (including phenoxy) is 1. The summed E-state index contributed by atoms with van der Waals surface area (Å²) in [6.45, 7) is 6.90. The Kier molecular flexibility index (Phi) is 6.12. The first kappa shape index (κ1) is 16.4. The van der Waals surface area contributed by atoms with Gasteiger partial charge in [0.2, 0.25) is 10.0 Å². The second kappa shape index (κ2) is 6.35. The molecule has 0 heterocycles. The molecule has 6 heteroatoms. The van der Waals surface area contributed by atoms with Gasteiger partial charge in [-0.3, -0.25) is 4.79 Å². The van der Waals surface area contributed by atoms with E-state index >= 15 is 0 Å². The molecule has 0 atom stereocenters. The third kappa shape index (κ3) is 5.04. The lowest BCUT2D eigenvalue weighted by molar-refractivity contribution is -0.143. The molecule has 0 spiro atoms. The molecule has 0 aliphatic carbocycles. The number of nitrogens with zero attached hydrogens (tertiary/aromatic N) is 1. The zero-order valence-electron chi connectivity index (χ0n) is 11.3. The fourth-order valence-corrected chi connectivity index (χ4v) is 2.32. The minimum absolute atomic E-state index is 0.233. The van der Waals surface area contributed by atoms with Gasteiger partial charge in [0.05, 0.1) is 11.4 Å². The van der Waals surface area contributed by atoms with Crippen molar-refractivity contribution < 1.29 is 17.9 Å². The average molecular weight is 265 g/mol. The molecule has 102 valence electrons. The van der Waals surface area contributed by atoms with Crippen molar-refractivity contribution in [3.8, 4) is 0 Å². The molecule has 0 saturated heterocycles. The van der Waals surface area contributed by atoms with Gasteiger partial charge in [0.1, 0.15) is 6.54 Å². The van der Waals surface area contributed by atoms with E-state index in [0.717, 1.165) is 17.1 Å². The van der Waals surface area contributed by atoms with Crippen LogP contribution in [-0.4, -0.2) is 43.6 Å². The summed E-state index contributed by atoms with van der Waals surface area (Å²) < 4.78 is 28.9. The van der Waals surface area contributed by atoms with Crippen LogP contribution in [0.5, 0.6) is 0 Å². The maximum atomic E-state index is 11.9. The summed E-state index contributed by atoms with van der Waals surface area (Å²) >= 11 is 0. The molecule has 0 aromatic rings. The Morgan fingerprint density at radius 2 is 1.82 bits per heavy atom. The number of likely N-dealkylation sites (N-methyl/N-ethyl adjacent to an activating group) is 1. The van der Waals surface area contributed by atoms with Crippen molar-refractivity contribution in [3.05, 3.63) is 0 Å². The average Bonchev–Trinajstić information content (AvgIpc) is 2.16. The van der Waals surface area contributed by atoms with Crippen molar-refractivity contribution >= 4 is 16.0 Å². The van der Waals surface area contributed by atoms with E-state index in [4.69, 9.17) is 4.74 Å². The Hall–Kier alpha value is -0.620. The summed E-state index contributed by atoms with van der Waals surface area (Å²) in [6, 6.07) is 0. The third-order valence-corrected chi connectivity index (χ3v) is 4.79. The summed E-state index contributed by atoms with van der Waals surface area (Å²) in [4.78, 5) is 11.4. The Labute approximate surface area is 104 Å². The highest BCUT2D eigenvalue weighted by Gasteiger charge is 2.34. The van der Waals surface area contributed by atoms with E-state index in [1.54, 1.807) is 20.8 Å². The molecule has 0 aliphatic heterocycles. The van der Waals surface area contributed by atoms with Gasteiger partial charge in [-0.05, 0) is 27.2 Å². The molecule has 0 bridgehead atoms. The highest BCUT2D eigenvalue weighted by molar-refractivity contribution is 7.90. The largest absolute Gasteiger partial charge is 0.465 e. The lowest BCUT2D eigenvalue weighted by Crippen LogP contribution is -2.43. The number of esters is 1. The van der Waals surface area contributed by atoms with Crippen molar-refractivity contribution in [1.29, 1.82) is 0 Å². The van der Waals surface area contributed by atoms with Crippen LogP contribution in [-0.2, 0) is 19.6 Å². The van der Waals surface area contributed by atoms with Gasteiger partial charge in [0.15, 0.2) is 0 Å². The van der Waals surface area contributed by atoms with E-state index in [0.29, 0.717) is 6.61 Å². The van der Waals surface area contributed by atoms with Gasteiger partial charge >= 0.3 is 5.97 Å². The molecule has 0 unspecified atom stereocenters. The monoisotopic (exact) mass is 265 g/mol. The first-order chi connectivity index (χ1) is 7.63. The van der Waals surface area contributed by atoms with Gasteiger partial charge < -0.3 is 4.74 Å². The Balaban J connectivity index is 4.36. The Morgan fingerprint density at radius 3 is 2.24 bits per heavy atom. The van der Waals surface area contributed by atoms with Crippen LogP contribution < -0.4 is 0 Å². The molecule has 5 nitrogen and oxygen atoms in total. The lowest BCUT2D eigenvalue weighted by Gasteiger charge is -2.26. The number of hydrogen-bond donors (Lipinski definition) is 0. The van der Waals surface area contributed by atoms with Crippen molar-refractivity contribution in [3.63, 3.8) is 0 Å². The smallest absolute Gasteiger partial charge is 0.321 e. The Morgan fingerprint density at radius 1 is 1.29 bits per heavy atom. The molecular formula is C11H23NO4S. The van der Waals surface area contributed by atoms with Crippen LogP contribution in [0.1, 0.15) is 40.5 Å². The SMILES string of the molecule is CCCCOC(=O)CN(C)S(=O)(=O)C(C)(C)C. The predicted octanol–water partition coefficient (Wildman–Crippen LogP) is 1.39. The second-order valence-corrected chi connectivity index (χ2v) is 7.75. The summed E-state index contributed by atoms with van der Waals surface area (Å²) in [7, 11) is -2.08. The van der Waals surface area contributed by atoms with Crippen molar-refractivity contribution in [1.82, 2.24) is 4.31 Å². The van der Waals surface area contributed by atoms with Crippen LogP contribution in [0.3, 0.4) is 0 Å². The molecule has 0 rings (SSSR count). The molecule has 0 fully saturated rings. The highest BCUT2D eigenvalue weighted by atomic mass is 32.2. The fraction of sp³-hybridized carbons (Fsp3) is 0.909. The standard InChI is InChI=1S/C11H23NO4S/c1-6-7-8-16-10(13)9-12(5)17(14,15)11(2,3)4/h6-9H2,1-5H3. The number of sulfonamides is 1. The first-order valence-corrected chi connectivity index (χ1v) is 7.18. The summed E-state index contributed by atoms with van der Waals surface area (Å²) in [5.74, 6) is -0.506. The van der Waals surface area contributed by atoms with Crippen LogP contribution in [0, 0.1) is 0 Å². The Bertz CT molecular complexity index is 343. The summed E-state index contributed by atoms with van der Waals surface area (Å²) in [6.07, 6.45) is 1.73. The summed E-state index contributed by atoms with van der Waals surface area (Å²) in [5.41, 5.74) is 0. The van der Waals surface area contributed by atoms with Crippen LogP contribution >= 0.6 is 0 Å². The van der Waals surface area contributed by atoms with Crippen LogP contribution in [0.2, 0.25) is 0 Å². The van der Waals surface area contributed by atoms with E-state index in [2.05, 4.69) is 0 Å². The molecule has 0 N–H and O–H groups in total. The minimum atomic E-state index is -3.47. The number of unbranched alkanes of at least 4 members (excludes halogenated alkanes) is 1. The van der Waals surface area contributed by atoms with Gasteiger partial charge in [-0.1, -0.05) is 13.3 Å². The van der Waals surface area contributed by atoms with Crippen molar-refractivity contribution in [2.75, 3.05) is 20.2 Å². The topological polar surface area (TPSA) is 63.7 Å². The van der Waals surface area contributed by atoms with E-state index < -0.39 is 20.7 Å². The molecule has 0 aromatic heterocycles. The molecule has 17 heavy (non-hydrogen) atoms. The van der Waals surface area contributed by atoms with Gasteiger partial charge in [-0.15, -0.1) is 0 Å². The van der Waals surface area contributed by atoms with Gasteiger partial charge in [0.25, 0.3) is 0 Å². The van der Waals surface area contributed by atoms with E-state index in [1.165, 1.54) is 7.05 Å². The van der Waals surface area contributed by atoms with Gasteiger partial charge in [0, 0.05) is 7.05 Å². The van der Waals surface area contributed by atoms with E-state index in [9.17, 15) is 13.2 Å². The quantitative estimate of drug-likeness (QED) is 0.538. The maximum absolute atomic E-state index is 11.9.